The van der Waals surface area contributed by atoms with Crippen molar-refractivity contribution in [2.75, 3.05) is 13.2 Å². The van der Waals surface area contributed by atoms with Crippen LogP contribution in [-0.2, 0) is 14.3 Å². The van der Waals surface area contributed by atoms with E-state index in [1.165, 1.54) is 256 Å². The van der Waals surface area contributed by atoms with Gasteiger partial charge in [0.1, 0.15) is 0 Å². The van der Waals surface area contributed by atoms with Gasteiger partial charge in [0.2, 0.25) is 5.91 Å². The maximum atomic E-state index is 12.3. The first-order chi connectivity index (χ1) is 36.9. The summed E-state index contributed by atoms with van der Waals surface area (Å²) >= 11 is 0. The van der Waals surface area contributed by atoms with Crippen molar-refractivity contribution in [3.05, 3.63) is 36.5 Å². The number of nitrogens with one attached hydrogen (secondary N) is 1. The van der Waals surface area contributed by atoms with E-state index in [4.69, 9.17) is 4.74 Å². The summed E-state index contributed by atoms with van der Waals surface area (Å²) in [6.45, 7) is 9.33. The highest BCUT2D eigenvalue weighted by Crippen LogP contribution is 2.17. The van der Waals surface area contributed by atoms with E-state index in [2.05, 4.69) is 57.3 Å². The molecule has 75 heavy (non-hydrogen) atoms. The Labute approximate surface area is 467 Å². The average molecular weight is 1060 g/mol. The Morgan fingerprint density at radius 2 is 0.733 bits per heavy atom. The van der Waals surface area contributed by atoms with Gasteiger partial charge >= 0.3 is 5.97 Å². The molecule has 0 aromatic heterocycles. The summed E-state index contributed by atoms with van der Waals surface area (Å²) in [5.41, 5.74) is 0. The second-order valence-corrected chi connectivity index (χ2v) is 22.6. The molecule has 0 radical (unpaired) electrons. The first-order valence-corrected chi connectivity index (χ1v) is 33.3. The Kier molecular flexibility index (Phi) is 66.4. The van der Waals surface area contributed by atoms with Crippen LogP contribution in [0.15, 0.2) is 36.5 Å². The van der Waals surface area contributed by atoms with E-state index in [0.717, 1.165) is 57.8 Å². The van der Waals surface area contributed by atoms with Crippen LogP contribution >= 0.6 is 0 Å². The fourth-order valence-electron chi connectivity index (χ4n) is 9.77. The molecule has 0 aromatic carbocycles. The lowest BCUT2D eigenvalue weighted by Crippen LogP contribution is -2.45. The number of rotatable bonds is 59. The molecular formula is C68H131NO6. The zero-order chi connectivity index (χ0) is 55.0. The minimum Gasteiger partial charge on any atom is -0.466 e. The largest absolute Gasteiger partial charge is 0.466 e. The van der Waals surface area contributed by atoms with Crippen LogP contribution in [0.1, 0.15) is 355 Å². The lowest BCUT2D eigenvalue weighted by atomic mass is 10.0. The van der Waals surface area contributed by atoms with E-state index in [1.807, 2.05) is 0 Å². The van der Waals surface area contributed by atoms with Crippen molar-refractivity contribution in [1.82, 2.24) is 5.32 Å². The van der Waals surface area contributed by atoms with Gasteiger partial charge in [0.05, 0.1) is 31.5 Å². The maximum Gasteiger partial charge on any atom is 0.305 e. The van der Waals surface area contributed by atoms with Crippen molar-refractivity contribution in [2.45, 2.75) is 373 Å². The molecule has 7 heteroatoms. The molecule has 0 saturated carbocycles. The number of allylic oxidation sites excluding steroid dienone is 4. The molecule has 7 nitrogen and oxygen atoms in total. The van der Waals surface area contributed by atoms with Gasteiger partial charge in [-0.1, -0.05) is 321 Å². The molecule has 0 aliphatic rings. The van der Waals surface area contributed by atoms with Gasteiger partial charge < -0.3 is 25.4 Å². The van der Waals surface area contributed by atoms with Crippen LogP contribution in [0.2, 0.25) is 0 Å². The van der Waals surface area contributed by atoms with Gasteiger partial charge in [-0.3, -0.25) is 9.59 Å². The fourth-order valence-corrected chi connectivity index (χ4v) is 9.77. The van der Waals surface area contributed by atoms with Crippen molar-refractivity contribution in [1.29, 1.82) is 0 Å². The molecule has 0 aliphatic carbocycles. The highest BCUT2D eigenvalue weighted by atomic mass is 16.5. The van der Waals surface area contributed by atoms with Crippen molar-refractivity contribution >= 4 is 11.9 Å². The zero-order valence-corrected chi connectivity index (χ0v) is 50.7. The summed E-state index contributed by atoms with van der Waals surface area (Å²) in [7, 11) is 0. The SMILES string of the molecule is CCCCC/C=C\C/C=C\CCCCCCCC(=O)OCCCCCCCCCCCC.CCCCCCCCCCCCCCCCCCCC(=O)NC(CO)C(O)/C=C/C(O)CCCCCCCCCCCC. The average Bonchev–Trinajstić information content (AvgIpc) is 3.41. The molecule has 0 rings (SSSR count). The van der Waals surface area contributed by atoms with Crippen LogP contribution in [0.25, 0.3) is 0 Å². The van der Waals surface area contributed by atoms with E-state index in [9.17, 15) is 24.9 Å². The Morgan fingerprint density at radius 3 is 1.15 bits per heavy atom. The third-order valence-electron chi connectivity index (χ3n) is 14.9. The molecule has 4 N–H and O–H groups in total. The smallest absolute Gasteiger partial charge is 0.305 e. The number of carbonyl (C=O) groups excluding carboxylic acids is 2. The van der Waals surface area contributed by atoms with Crippen LogP contribution in [-0.4, -0.2) is 58.7 Å². The molecule has 444 valence electrons. The summed E-state index contributed by atoms with van der Waals surface area (Å²) in [4.78, 5) is 24.1. The Bertz CT molecular complexity index is 1200. The molecule has 0 heterocycles. The number of amides is 1. The zero-order valence-electron chi connectivity index (χ0n) is 50.7. The number of carbonyl (C=O) groups is 2. The predicted molar refractivity (Wildman–Crippen MR) is 328 cm³/mol. The van der Waals surface area contributed by atoms with Crippen LogP contribution in [0.3, 0.4) is 0 Å². The molecule has 0 fully saturated rings. The second-order valence-electron chi connectivity index (χ2n) is 22.6. The number of hydrogen-bond acceptors (Lipinski definition) is 6. The second kappa shape index (κ2) is 66.3. The number of ether oxygens (including phenoxy) is 1. The van der Waals surface area contributed by atoms with E-state index in [1.54, 1.807) is 6.08 Å². The van der Waals surface area contributed by atoms with E-state index < -0.39 is 18.2 Å². The van der Waals surface area contributed by atoms with Crippen LogP contribution < -0.4 is 5.32 Å². The lowest BCUT2D eigenvalue weighted by Gasteiger charge is -2.20. The summed E-state index contributed by atoms with van der Waals surface area (Å²) in [5.74, 6) is -0.120. The molecule has 0 aliphatic heterocycles. The number of aliphatic hydroxyl groups is 3. The predicted octanol–water partition coefficient (Wildman–Crippen LogP) is 20.4. The lowest BCUT2D eigenvalue weighted by molar-refractivity contribution is -0.143. The molecule has 3 atom stereocenters. The topological polar surface area (TPSA) is 116 Å². The van der Waals surface area contributed by atoms with Crippen molar-refractivity contribution in [3.63, 3.8) is 0 Å². The minimum absolute atomic E-state index is 0.00612. The van der Waals surface area contributed by atoms with Gasteiger partial charge in [-0.25, -0.2) is 0 Å². The molecule has 3 unspecified atom stereocenters. The van der Waals surface area contributed by atoms with Gasteiger partial charge in [-0.2, -0.15) is 0 Å². The molecule has 0 aromatic rings. The Hall–Kier alpha value is -1.96. The van der Waals surface area contributed by atoms with Gasteiger partial charge in [-0.15, -0.1) is 0 Å². The summed E-state index contributed by atoms with van der Waals surface area (Å²) in [6, 6.07) is -0.737. The number of unbranched alkanes of at least 4 members (excludes halogenated alkanes) is 42. The molecule has 1 amide bonds. The highest BCUT2D eigenvalue weighted by molar-refractivity contribution is 5.76. The Balaban J connectivity index is 0. The van der Waals surface area contributed by atoms with Crippen molar-refractivity contribution in [2.24, 2.45) is 0 Å². The standard InChI is InChI=1S/C38H75NO4.C30H56O2/c1-3-5-7-9-11-13-15-16-17-18-19-20-21-23-25-27-29-31-38(43)39-36(34-40)37(42)33-32-35(41)30-28-26-24-22-14-12-10-8-6-4-2;1-3-5-7-9-11-13-15-16-17-18-19-20-22-24-26-28-30(31)32-29-27-25-23-21-14-12-10-8-6-4-2/h32-33,35-37,40-42H,3-31,34H2,1-2H3,(H,39,43);11,13,16-17H,3-10,12,14-15,18-29H2,1-2H3/b33-32+;13-11-,17-16-. The number of esters is 1. The van der Waals surface area contributed by atoms with Crippen LogP contribution in [0.5, 0.6) is 0 Å². The highest BCUT2D eigenvalue weighted by Gasteiger charge is 2.18. The summed E-state index contributed by atoms with van der Waals surface area (Å²) in [5, 5.41) is 33.1. The first-order valence-electron chi connectivity index (χ1n) is 33.3. The van der Waals surface area contributed by atoms with Crippen LogP contribution in [0.4, 0.5) is 0 Å². The van der Waals surface area contributed by atoms with E-state index in [0.29, 0.717) is 25.9 Å². The molecule has 0 spiro atoms. The fraction of sp³-hybridized carbons (Fsp3) is 0.882. The normalized spacial score (nSPS) is 12.9. The van der Waals surface area contributed by atoms with E-state index in [-0.39, 0.29) is 18.5 Å². The molecule has 0 saturated heterocycles. The van der Waals surface area contributed by atoms with Crippen molar-refractivity contribution < 1.29 is 29.6 Å². The number of aliphatic hydroxyl groups excluding tert-OH is 3. The summed E-state index contributed by atoms with van der Waals surface area (Å²) < 4.78 is 5.38. The van der Waals surface area contributed by atoms with Crippen molar-refractivity contribution in [3.8, 4) is 0 Å². The molecular weight excluding hydrogens is 927 g/mol. The van der Waals surface area contributed by atoms with Gasteiger partial charge in [0, 0.05) is 12.8 Å². The summed E-state index contributed by atoms with van der Waals surface area (Å²) in [6.07, 6.45) is 73.8. The third-order valence-corrected chi connectivity index (χ3v) is 14.9. The third kappa shape index (κ3) is 64.5. The Morgan fingerprint density at radius 1 is 0.400 bits per heavy atom. The minimum atomic E-state index is -1.01. The maximum absolute atomic E-state index is 12.3. The first kappa shape index (κ1) is 75.1. The van der Waals surface area contributed by atoms with Gasteiger partial charge in [0.25, 0.3) is 0 Å². The van der Waals surface area contributed by atoms with E-state index >= 15 is 0 Å². The number of hydrogen-bond donors (Lipinski definition) is 4. The van der Waals surface area contributed by atoms with Crippen LogP contribution in [0, 0.1) is 0 Å². The monoisotopic (exact) mass is 1060 g/mol. The van der Waals surface area contributed by atoms with Gasteiger partial charge in [-0.05, 0) is 57.8 Å². The quantitative estimate of drug-likeness (QED) is 0.0274. The molecule has 0 bridgehead atoms. The van der Waals surface area contributed by atoms with Gasteiger partial charge in [0.15, 0.2) is 0 Å².